The average molecular weight is 366 g/mol. The van der Waals surface area contributed by atoms with Crippen molar-refractivity contribution in [2.75, 3.05) is 25.2 Å². The number of hydrogen-bond donors (Lipinski definition) is 1. The van der Waals surface area contributed by atoms with Crippen LogP contribution in [0.15, 0.2) is 24.3 Å². The molecule has 0 bridgehead atoms. The molecule has 2 unspecified atom stereocenters. The third kappa shape index (κ3) is 4.12. The molecule has 0 aliphatic carbocycles. The Bertz CT molecular complexity index is 760. The van der Waals surface area contributed by atoms with Crippen LogP contribution in [0.2, 0.25) is 0 Å². The fraction of sp³-hybridized carbons (Fsp3) is 0.529. The zero-order chi connectivity index (χ0) is 18.0. The van der Waals surface area contributed by atoms with Crippen LogP contribution in [0.4, 0.5) is 0 Å². The lowest BCUT2D eigenvalue weighted by Gasteiger charge is -2.22. The van der Waals surface area contributed by atoms with E-state index in [9.17, 15) is 18.0 Å². The van der Waals surface area contributed by atoms with Crippen LogP contribution in [0.5, 0.6) is 5.75 Å². The van der Waals surface area contributed by atoms with Crippen LogP contribution >= 0.6 is 0 Å². The number of methoxy groups -OCH3 is 1. The van der Waals surface area contributed by atoms with Crippen molar-refractivity contribution in [3.05, 3.63) is 29.8 Å². The number of nitrogens with zero attached hydrogens (tertiary/aromatic N) is 1. The van der Waals surface area contributed by atoms with Crippen molar-refractivity contribution in [3.63, 3.8) is 0 Å². The molecule has 136 valence electrons. The van der Waals surface area contributed by atoms with Gasteiger partial charge in [-0.05, 0) is 24.1 Å². The van der Waals surface area contributed by atoms with E-state index in [4.69, 9.17) is 4.74 Å². The van der Waals surface area contributed by atoms with Crippen molar-refractivity contribution in [1.29, 1.82) is 0 Å². The molecule has 2 atom stereocenters. The van der Waals surface area contributed by atoms with Crippen molar-refractivity contribution < 1.29 is 22.7 Å². The van der Waals surface area contributed by atoms with E-state index in [0.717, 1.165) is 11.3 Å². The predicted molar refractivity (Wildman–Crippen MR) is 91.7 cm³/mol. The fourth-order valence-electron chi connectivity index (χ4n) is 3.36. The Labute approximate surface area is 147 Å². The van der Waals surface area contributed by atoms with Crippen LogP contribution in [0, 0.1) is 5.92 Å². The normalized spacial score (nSPS) is 25.2. The van der Waals surface area contributed by atoms with Gasteiger partial charge in [0.25, 0.3) is 0 Å². The number of rotatable bonds is 5. The summed E-state index contributed by atoms with van der Waals surface area (Å²) >= 11 is 0. The minimum absolute atomic E-state index is 0.0128. The van der Waals surface area contributed by atoms with Gasteiger partial charge in [0.2, 0.25) is 11.8 Å². The lowest BCUT2D eigenvalue weighted by molar-refractivity contribution is -0.130. The van der Waals surface area contributed by atoms with Gasteiger partial charge in [0.1, 0.15) is 5.75 Å². The van der Waals surface area contributed by atoms with E-state index in [1.807, 2.05) is 24.3 Å². The van der Waals surface area contributed by atoms with Crippen molar-refractivity contribution in [2.45, 2.75) is 25.4 Å². The minimum atomic E-state index is -3.05. The van der Waals surface area contributed by atoms with Crippen LogP contribution in [-0.4, -0.2) is 56.3 Å². The second-order valence-electron chi connectivity index (χ2n) is 6.57. The summed E-state index contributed by atoms with van der Waals surface area (Å²) in [6.07, 6.45) is 0.610. The van der Waals surface area contributed by atoms with E-state index in [0.29, 0.717) is 19.5 Å². The largest absolute Gasteiger partial charge is 0.497 e. The van der Waals surface area contributed by atoms with Crippen molar-refractivity contribution in [1.82, 2.24) is 10.2 Å². The molecule has 8 heteroatoms. The van der Waals surface area contributed by atoms with Gasteiger partial charge in [0.05, 0.1) is 24.5 Å². The first-order chi connectivity index (χ1) is 11.9. The summed E-state index contributed by atoms with van der Waals surface area (Å²) in [7, 11) is -1.46. The fourth-order valence-corrected chi connectivity index (χ4v) is 5.09. The third-order valence-electron chi connectivity index (χ3n) is 4.80. The Hall–Kier alpha value is -2.09. The maximum atomic E-state index is 12.3. The number of carbonyl (C=O) groups is 2. The number of benzene rings is 1. The first-order valence-corrected chi connectivity index (χ1v) is 10.1. The number of carbonyl (C=O) groups excluding carboxylic acids is 2. The molecule has 25 heavy (non-hydrogen) atoms. The highest BCUT2D eigenvalue weighted by Gasteiger charge is 2.41. The molecule has 1 N–H and O–H groups in total. The number of nitrogens with one attached hydrogen (secondary N) is 1. The Morgan fingerprint density at radius 3 is 2.64 bits per heavy atom. The molecular weight excluding hydrogens is 344 g/mol. The molecule has 0 spiro atoms. The van der Waals surface area contributed by atoms with Gasteiger partial charge in [-0.15, -0.1) is 0 Å². The van der Waals surface area contributed by atoms with E-state index >= 15 is 0 Å². The average Bonchev–Trinajstić information content (AvgIpc) is 3.15. The molecule has 0 saturated carbocycles. The standard InChI is InChI=1S/C17H22N2O5S/c1-24-15-4-2-12(3-5-15)9-18-17(21)13-8-16(20)19(10-13)14-6-7-25(22,23)11-14/h2-5,13-14H,6-11H2,1H3,(H,18,21). The van der Waals surface area contributed by atoms with Gasteiger partial charge in [-0.1, -0.05) is 12.1 Å². The SMILES string of the molecule is COc1ccc(CNC(=O)C2CC(=O)N(C3CCS(=O)(=O)C3)C2)cc1. The highest BCUT2D eigenvalue weighted by Crippen LogP contribution is 2.26. The second-order valence-corrected chi connectivity index (χ2v) is 8.80. The molecule has 2 saturated heterocycles. The number of ether oxygens (including phenoxy) is 1. The summed E-state index contributed by atoms with van der Waals surface area (Å²) in [5, 5.41) is 2.85. The van der Waals surface area contributed by atoms with E-state index in [1.165, 1.54) is 0 Å². The van der Waals surface area contributed by atoms with Crippen LogP contribution in [0.25, 0.3) is 0 Å². The Kier molecular flexibility index (Phi) is 4.99. The molecule has 2 fully saturated rings. The van der Waals surface area contributed by atoms with Gasteiger partial charge in [-0.3, -0.25) is 9.59 Å². The lowest BCUT2D eigenvalue weighted by Crippen LogP contribution is -2.39. The van der Waals surface area contributed by atoms with Crippen LogP contribution in [0.1, 0.15) is 18.4 Å². The summed E-state index contributed by atoms with van der Waals surface area (Å²) in [6, 6.07) is 7.10. The second kappa shape index (κ2) is 7.03. The molecular formula is C17H22N2O5S. The summed E-state index contributed by atoms with van der Waals surface area (Å²) < 4.78 is 28.3. The highest BCUT2D eigenvalue weighted by atomic mass is 32.2. The Morgan fingerprint density at radius 1 is 1.32 bits per heavy atom. The lowest BCUT2D eigenvalue weighted by atomic mass is 10.1. The van der Waals surface area contributed by atoms with Crippen LogP contribution in [-0.2, 0) is 26.0 Å². The smallest absolute Gasteiger partial charge is 0.225 e. The molecule has 0 aromatic heterocycles. The Morgan fingerprint density at radius 2 is 2.04 bits per heavy atom. The first-order valence-electron chi connectivity index (χ1n) is 8.28. The number of likely N-dealkylation sites (tertiary alicyclic amines) is 1. The molecule has 1 aromatic carbocycles. The summed E-state index contributed by atoms with van der Waals surface area (Å²) in [6.45, 7) is 0.679. The van der Waals surface area contributed by atoms with E-state index < -0.39 is 15.8 Å². The summed E-state index contributed by atoms with van der Waals surface area (Å²) in [4.78, 5) is 26.1. The summed E-state index contributed by atoms with van der Waals surface area (Å²) in [5.41, 5.74) is 0.942. The van der Waals surface area contributed by atoms with Crippen molar-refractivity contribution in [3.8, 4) is 5.75 Å². The van der Waals surface area contributed by atoms with Crippen molar-refractivity contribution in [2.24, 2.45) is 5.92 Å². The third-order valence-corrected chi connectivity index (χ3v) is 6.55. The van der Waals surface area contributed by atoms with Crippen LogP contribution in [0.3, 0.4) is 0 Å². The zero-order valence-corrected chi connectivity index (χ0v) is 14.9. The van der Waals surface area contributed by atoms with E-state index in [1.54, 1.807) is 12.0 Å². The molecule has 7 nitrogen and oxygen atoms in total. The summed E-state index contributed by atoms with van der Waals surface area (Å²) in [5.74, 6) is 0.154. The quantitative estimate of drug-likeness (QED) is 0.812. The number of sulfone groups is 1. The molecule has 2 aliphatic heterocycles. The number of hydrogen-bond acceptors (Lipinski definition) is 5. The zero-order valence-electron chi connectivity index (χ0n) is 14.1. The maximum Gasteiger partial charge on any atom is 0.225 e. The van der Waals surface area contributed by atoms with E-state index in [2.05, 4.69) is 5.32 Å². The molecule has 0 radical (unpaired) electrons. The van der Waals surface area contributed by atoms with Crippen molar-refractivity contribution >= 4 is 21.7 Å². The first kappa shape index (κ1) is 17.7. The van der Waals surface area contributed by atoms with Gasteiger partial charge in [0, 0.05) is 25.6 Å². The van der Waals surface area contributed by atoms with Crippen LogP contribution < -0.4 is 10.1 Å². The predicted octanol–water partition coefficient (Wildman–Crippen LogP) is 0.347. The van der Waals surface area contributed by atoms with Gasteiger partial charge in [0.15, 0.2) is 9.84 Å². The monoisotopic (exact) mass is 366 g/mol. The maximum absolute atomic E-state index is 12.3. The number of amides is 2. The molecule has 1 aromatic rings. The van der Waals surface area contributed by atoms with Gasteiger partial charge in [-0.25, -0.2) is 8.42 Å². The topological polar surface area (TPSA) is 92.8 Å². The molecule has 2 amide bonds. The van der Waals surface area contributed by atoms with Gasteiger partial charge in [-0.2, -0.15) is 0 Å². The Balaban J connectivity index is 1.53. The molecule has 2 heterocycles. The molecule has 2 aliphatic rings. The van der Waals surface area contributed by atoms with Gasteiger partial charge < -0.3 is 15.0 Å². The van der Waals surface area contributed by atoms with Gasteiger partial charge >= 0.3 is 0 Å². The highest BCUT2D eigenvalue weighted by molar-refractivity contribution is 7.91. The molecule has 3 rings (SSSR count). The minimum Gasteiger partial charge on any atom is -0.497 e. The van der Waals surface area contributed by atoms with E-state index in [-0.39, 0.29) is 35.8 Å².